The van der Waals surface area contributed by atoms with E-state index in [0.717, 1.165) is 13.0 Å². The van der Waals surface area contributed by atoms with Gasteiger partial charge in [-0.2, -0.15) is 0 Å². The average molecular weight is 176 g/mol. The van der Waals surface area contributed by atoms with Crippen LogP contribution in [0, 0.1) is 5.92 Å². The predicted molar refractivity (Wildman–Crippen MR) is 53.5 cm³/mol. The first kappa shape index (κ1) is 8.70. The Labute approximate surface area is 79.4 Å². The van der Waals surface area contributed by atoms with Crippen molar-refractivity contribution in [2.45, 2.75) is 26.3 Å². The van der Waals surface area contributed by atoms with Gasteiger partial charge >= 0.3 is 0 Å². The Morgan fingerprint density at radius 1 is 1.54 bits per heavy atom. The van der Waals surface area contributed by atoms with Crippen LogP contribution in [-0.2, 0) is 6.42 Å². The molecule has 1 aliphatic heterocycles. The van der Waals surface area contributed by atoms with Gasteiger partial charge in [-0.25, -0.2) is 0 Å². The smallest absolute Gasteiger partial charge is 0.0347 e. The SMILES string of the molecule is CC(C)C1NCCc2cnccc21. The minimum absolute atomic E-state index is 0.520. The fourth-order valence-electron chi connectivity index (χ4n) is 2.02. The number of hydrogen-bond acceptors (Lipinski definition) is 2. The molecule has 0 radical (unpaired) electrons. The largest absolute Gasteiger partial charge is 0.309 e. The van der Waals surface area contributed by atoms with Crippen LogP contribution in [0.2, 0.25) is 0 Å². The lowest BCUT2D eigenvalue weighted by Gasteiger charge is -2.29. The Morgan fingerprint density at radius 2 is 2.38 bits per heavy atom. The van der Waals surface area contributed by atoms with E-state index in [1.54, 1.807) is 0 Å². The zero-order valence-corrected chi connectivity index (χ0v) is 8.25. The molecule has 0 aliphatic carbocycles. The van der Waals surface area contributed by atoms with Crippen molar-refractivity contribution >= 4 is 0 Å². The first-order valence-corrected chi connectivity index (χ1v) is 4.95. The summed E-state index contributed by atoms with van der Waals surface area (Å²) in [6.45, 7) is 5.60. The summed E-state index contributed by atoms with van der Waals surface area (Å²) in [7, 11) is 0. The maximum atomic E-state index is 4.16. The van der Waals surface area contributed by atoms with Gasteiger partial charge in [-0.1, -0.05) is 13.8 Å². The highest BCUT2D eigenvalue weighted by Crippen LogP contribution is 2.27. The zero-order valence-electron chi connectivity index (χ0n) is 8.25. The lowest BCUT2D eigenvalue weighted by molar-refractivity contribution is 0.394. The van der Waals surface area contributed by atoms with E-state index >= 15 is 0 Å². The average Bonchev–Trinajstić information content (AvgIpc) is 2.17. The molecule has 13 heavy (non-hydrogen) atoms. The Morgan fingerprint density at radius 3 is 3.15 bits per heavy atom. The third kappa shape index (κ3) is 1.59. The van der Waals surface area contributed by atoms with Gasteiger partial charge in [0.2, 0.25) is 0 Å². The summed E-state index contributed by atoms with van der Waals surface area (Å²) in [4.78, 5) is 4.16. The van der Waals surface area contributed by atoms with Gasteiger partial charge in [-0.3, -0.25) is 4.98 Å². The van der Waals surface area contributed by atoms with Crippen LogP contribution in [0.3, 0.4) is 0 Å². The summed E-state index contributed by atoms with van der Waals surface area (Å²) in [5.41, 5.74) is 2.86. The minimum atomic E-state index is 0.520. The molecular weight excluding hydrogens is 160 g/mol. The minimum Gasteiger partial charge on any atom is -0.309 e. The van der Waals surface area contributed by atoms with Crippen molar-refractivity contribution in [1.29, 1.82) is 0 Å². The molecular formula is C11H16N2. The van der Waals surface area contributed by atoms with Gasteiger partial charge in [0.1, 0.15) is 0 Å². The maximum Gasteiger partial charge on any atom is 0.0347 e. The molecule has 2 rings (SSSR count). The fourth-order valence-corrected chi connectivity index (χ4v) is 2.02. The van der Waals surface area contributed by atoms with Crippen LogP contribution in [-0.4, -0.2) is 11.5 Å². The van der Waals surface area contributed by atoms with Crippen LogP contribution in [0.5, 0.6) is 0 Å². The summed E-state index contributed by atoms with van der Waals surface area (Å²) >= 11 is 0. The molecule has 0 saturated heterocycles. The highest BCUT2D eigenvalue weighted by atomic mass is 14.9. The summed E-state index contributed by atoms with van der Waals surface area (Å²) < 4.78 is 0. The molecule has 0 fully saturated rings. The van der Waals surface area contributed by atoms with Crippen molar-refractivity contribution in [2.75, 3.05) is 6.54 Å². The maximum absolute atomic E-state index is 4.16. The van der Waals surface area contributed by atoms with Crippen LogP contribution in [0.1, 0.15) is 31.0 Å². The molecule has 2 nitrogen and oxygen atoms in total. The van der Waals surface area contributed by atoms with E-state index in [4.69, 9.17) is 0 Å². The molecule has 1 aliphatic rings. The van der Waals surface area contributed by atoms with Crippen molar-refractivity contribution in [2.24, 2.45) is 5.92 Å². The molecule has 0 saturated carbocycles. The summed E-state index contributed by atoms with van der Waals surface area (Å²) in [6, 6.07) is 2.67. The lowest BCUT2D eigenvalue weighted by Crippen LogP contribution is -2.33. The fraction of sp³-hybridized carbons (Fsp3) is 0.545. The Bertz CT molecular complexity index is 294. The number of nitrogens with zero attached hydrogens (tertiary/aromatic N) is 1. The van der Waals surface area contributed by atoms with E-state index in [-0.39, 0.29) is 0 Å². The predicted octanol–water partition coefficient (Wildman–Crippen LogP) is 1.92. The van der Waals surface area contributed by atoms with Gasteiger partial charge in [-0.05, 0) is 36.1 Å². The van der Waals surface area contributed by atoms with Crippen LogP contribution in [0.25, 0.3) is 0 Å². The monoisotopic (exact) mass is 176 g/mol. The van der Waals surface area contributed by atoms with Gasteiger partial charge in [0.25, 0.3) is 0 Å². The summed E-state index contributed by atoms with van der Waals surface area (Å²) in [5.74, 6) is 0.654. The number of nitrogens with one attached hydrogen (secondary N) is 1. The molecule has 1 aromatic rings. The van der Waals surface area contributed by atoms with E-state index in [2.05, 4.69) is 30.2 Å². The van der Waals surface area contributed by atoms with Crippen LogP contribution < -0.4 is 5.32 Å². The molecule has 0 spiro atoms. The third-order valence-electron chi connectivity index (χ3n) is 2.70. The van der Waals surface area contributed by atoms with Gasteiger partial charge in [-0.15, -0.1) is 0 Å². The Kier molecular flexibility index (Phi) is 2.32. The Balaban J connectivity index is 2.37. The topological polar surface area (TPSA) is 24.9 Å². The van der Waals surface area contributed by atoms with Crippen molar-refractivity contribution in [3.63, 3.8) is 0 Å². The number of hydrogen-bond donors (Lipinski definition) is 1. The molecule has 2 heterocycles. The molecule has 0 aromatic carbocycles. The molecule has 0 amide bonds. The lowest BCUT2D eigenvalue weighted by atomic mass is 9.89. The first-order valence-electron chi connectivity index (χ1n) is 4.95. The van der Waals surface area contributed by atoms with E-state index in [9.17, 15) is 0 Å². The number of fused-ring (bicyclic) bond motifs is 1. The van der Waals surface area contributed by atoms with Crippen molar-refractivity contribution in [3.05, 3.63) is 29.6 Å². The second-order valence-electron chi connectivity index (χ2n) is 4.00. The van der Waals surface area contributed by atoms with Crippen molar-refractivity contribution in [1.82, 2.24) is 10.3 Å². The number of aromatic nitrogens is 1. The van der Waals surface area contributed by atoms with Gasteiger partial charge in [0.15, 0.2) is 0 Å². The second-order valence-corrected chi connectivity index (χ2v) is 4.00. The second kappa shape index (κ2) is 3.46. The molecule has 1 unspecified atom stereocenters. The van der Waals surface area contributed by atoms with Crippen LogP contribution in [0.15, 0.2) is 18.5 Å². The number of rotatable bonds is 1. The van der Waals surface area contributed by atoms with E-state index in [1.165, 1.54) is 11.1 Å². The number of pyridine rings is 1. The van der Waals surface area contributed by atoms with E-state index in [1.807, 2.05) is 12.4 Å². The van der Waals surface area contributed by atoms with E-state index in [0.29, 0.717) is 12.0 Å². The summed E-state index contributed by atoms with van der Waals surface area (Å²) in [6.07, 6.45) is 5.01. The quantitative estimate of drug-likeness (QED) is 0.707. The van der Waals surface area contributed by atoms with Gasteiger partial charge < -0.3 is 5.32 Å². The zero-order chi connectivity index (χ0) is 9.26. The standard InChI is InChI=1S/C11H16N2/c1-8(2)11-10-4-5-12-7-9(10)3-6-13-11/h4-5,7-8,11,13H,3,6H2,1-2H3. The van der Waals surface area contributed by atoms with Crippen molar-refractivity contribution < 1.29 is 0 Å². The van der Waals surface area contributed by atoms with Crippen molar-refractivity contribution in [3.8, 4) is 0 Å². The molecule has 70 valence electrons. The van der Waals surface area contributed by atoms with Crippen LogP contribution >= 0.6 is 0 Å². The highest BCUT2D eigenvalue weighted by Gasteiger charge is 2.21. The molecule has 2 heteroatoms. The molecule has 1 N–H and O–H groups in total. The third-order valence-corrected chi connectivity index (χ3v) is 2.70. The van der Waals surface area contributed by atoms with Gasteiger partial charge in [0.05, 0.1) is 0 Å². The molecule has 0 bridgehead atoms. The van der Waals surface area contributed by atoms with Gasteiger partial charge in [0, 0.05) is 18.4 Å². The molecule has 1 aromatic heterocycles. The molecule has 1 atom stereocenters. The normalized spacial score (nSPS) is 21.6. The van der Waals surface area contributed by atoms with Crippen LogP contribution in [0.4, 0.5) is 0 Å². The first-order chi connectivity index (χ1) is 6.29. The van der Waals surface area contributed by atoms with E-state index < -0.39 is 0 Å². The highest BCUT2D eigenvalue weighted by molar-refractivity contribution is 5.29. The summed E-state index contributed by atoms with van der Waals surface area (Å²) in [5, 5.41) is 3.55. The Hall–Kier alpha value is -0.890.